The van der Waals surface area contributed by atoms with Gasteiger partial charge in [-0.15, -0.1) is 5.06 Å². The number of nitrogens with zero attached hydrogens (tertiary/aromatic N) is 3. The molecule has 150 valence electrons. The van der Waals surface area contributed by atoms with Crippen LogP contribution in [-0.2, 0) is 14.4 Å². The number of benzene rings is 2. The average molecular weight is 395 g/mol. The summed E-state index contributed by atoms with van der Waals surface area (Å²) in [5.74, 6) is -1.23. The van der Waals surface area contributed by atoms with Crippen molar-refractivity contribution in [2.45, 2.75) is 6.92 Å². The molecule has 0 bridgehead atoms. The molecule has 0 saturated carbocycles. The molecule has 0 aromatic heterocycles. The van der Waals surface area contributed by atoms with E-state index in [2.05, 4.69) is 4.90 Å². The molecular weight excluding hydrogens is 374 g/mol. The second-order valence-corrected chi connectivity index (χ2v) is 6.60. The molecule has 0 aliphatic carbocycles. The van der Waals surface area contributed by atoms with Gasteiger partial charge in [-0.05, 0) is 30.7 Å². The SMILES string of the molecule is CC(=O)C(=Cc1cccc([N+](=O)[O-])c1)C(=O)ON1CCN(c2ccccc2)CC1. The van der Waals surface area contributed by atoms with E-state index < -0.39 is 16.7 Å². The van der Waals surface area contributed by atoms with Gasteiger partial charge in [-0.25, -0.2) is 4.79 Å². The van der Waals surface area contributed by atoms with E-state index in [-0.39, 0.29) is 11.3 Å². The van der Waals surface area contributed by atoms with Crippen molar-refractivity contribution in [1.29, 1.82) is 0 Å². The Hall–Kier alpha value is -3.52. The van der Waals surface area contributed by atoms with Crippen molar-refractivity contribution in [2.24, 2.45) is 0 Å². The minimum Gasteiger partial charge on any atom is -0.369 e. The normalized spacial score (nSPS) is 15.1. The number of hydrogen-bond acceptors (Lipinski definition) is 7. The van der Waals surface area contributed by atoms with E-state index in [0.29, 0.717) is 31.7 Å². The first-order valence-corrected chi connectivity index (χ1v) is 9.18. The zero-order chi connectivity index (χ0) is 20.8. The highest BCUT2D eigenvalue weighted by molar-refractivity contribution is 6.19. The average Bonchev–Trinajstić information content (AvgIpc) is 2.73. The molecule has 8 heteroatoms. The van der Waals surface area contributed by atoms with Crippen LogP contribution in [0, 0.1) is 10.1 Å². The third-order valence-electron chi connectivity index (χ3n) is 4.56. The van der Waals surface area contributed by atoms with Crippen molar-refractivity contribution < 1.29 is 19.3 Å². The monoisotopic (exact) mass is 395 g/mol. The Bertz CT molecular complexity index is 934. The lowest BCUT2D eigenvalue weighted by atomic mass is 10.1. The van der Waals surface area contributed by atoms with Crippen molar-refractivity contribution in [1.82, 2.24) is 5.06 Å². The summed E-state index contributed by atoms with van der Waals surface area (Å²) in [7, 11) is 0. The van der Waals surface area contributed by atoms with Crippen LogP contribution in [0.25, 0.3) is 6.08 Å². The number of Topliss-reactive ketones (excluding diaryl/α,β-unsaturated/α-hetero) is 1. The Morgan fingerprint density at radius 1 is 1.03 bits per heavy atom. The van der Waals surface area contributed by atoms with Crippen LogP contribution in [-0.4, -0.2) is 47.9 Å². The summed E-state index contributed by atoms with van der Waals surface area (Å²) in [5.41, 5.74) is 1.21. The number of carbonyl (C=O) groups excluding carboxylic acids is 2. The highest BCUT2D eigenvalue weighted by Crippen LogP contribution is 2.18. The smallest absolute Gasteiger partial charge is 0.360 e. The summed E-state index contributed by atoms with van der Waals surface area (Å²) >= 11 is 0. The number of rotatable bonds is 6. The van der Waals surface area contributed by atoms with Gasteiger partial charge in [0.1, 0.15) is 5.57 Å². The zero-order valence-corrected chi connectivity index (χ0v) is 16.0. The van der Waals surface area contributed by atoms with Crippen molar-refractivity contribution in [3.8, 4) is 0 Å². The Morgan fingerprint density at radius 2 is 1.72 bits per heavy atom. The first-order chi connectivity index (χ1) is 13.9. The first-order valence-electron chi connectivity index (χ1n) is 9.18. The van der Waals surface area contributed by atoms with Crippen LogP contribution in [0.1, 0.15) is 12.5 Å². The maximum atomic E-state index is 12.5. The number of hydroxylamine groups is 2. The number of nitro benzene ring substituents is 1. The number of ketones is 1. The number of piperazine rings is 1. The molecular formula is C21H21N3O5. The predicted molar refractivity (Wildman–Crippen MR) is 108 cm³/mol. The molecule has 2 aromatic rings. The second kappa shape index (κ2) is 9.11. The van der Waals surface area contributed by atoms with Crippen molar-refractivity contribution in [3.63, 3.8) is 0 Å². The van der Waals surface area contributed by atoms with Gasteiger partial charge in [-0.2, -0.15) is 0 Å². The lowest BCUT2D eigenvalue weighted by Gasteiger charge is -2.34. The van der Waals surface area contributed by atoms with Crippen molar-refractivity contribution in [2.75, 3.05) is 31.1 Å². The maximum Gasteiger partial charge on any atom is 0.360 e. The number of para-hydroxylation sites is 1. The summed E-state index contributed by atoms with van der Waals surface area (Å²) in [6.07, 6.45) is 1.32. The van der Waals surface area contributed by atoms with Gasteiger partial charge in [0.25, 0.3) is 5.69 Å². The molecule has 3 rings (SSSR count). The van der Waals surface area contributed by atoms with E-state index in [0.717, 1.165) is 5.69 Å². The standard InChI is InChI=1S/C21H21N3O5/c1-16(25)20(15-17-6-5-9-19(14-17)24(27)28)21(26)29-23-12-10-22(11-13-23)18-7-3-2-4-8-18/h2-9,14-15H,10-13H2,1H3. The summed E-state index contributed by atoms with van der Waals surface area (Å²) in [4.78, 5) is 42.4. The van der Waals surface area contributed by atoms with Gasteiger partial charge in [0.15, 0.2) is 5.78 Å². The second-order valence-electron chi connectivity index (χ2n) is 6.60. The summed E-state index contributed by atoms with van der Waals surface area (Å²) in [5, 5.41) is 12.4. The highest BCUT2D eigenvalue weighted by Gasteiger charge is 2.24. The molecule has 8 nitrogen and oxygen atoms in total. The van der Waals surface area contributed by atoms with Crippen LogP contribution in [0.15, 0.2) is 60.2 Å². The Labute approximate surface area is 168 Å². The van der Waals surface area contributed by atoms with Gasteiger partial charge in [0.05, 0.1) is 18.0 Å². The Kier molecular flexibility index (Phi) is 6.36. The van der Waals surface area contributed by atoms with Gasteiger partial charge in [-0.3, -0.25) is 14.9 Å². The predicted octanol–water partition coefficient (Wildman–Crippen LogP) is 2.85. The molecule has 0 spiro atoms. The third kappa shape index (κ3) is 5.26. The largest absolute Gasteiger partial charge is 0.369 e. The topological polar surface area (TPSA) is 93.0 Å². The molecule has 0 radical (unpaired) electrons. The number of carbonyl (C=O) groups is 2. The molecule has 1 saturated heterocycles. The van der Waals surface area contributed by atoms with E-state index in [1.807, 2.05) is 30.3 Å². The van der Waals surface area contributed by atoms with Gasteiger partial charge >= 0.3 is 5.97 Å². The number of nitro groups is 1. The summed E-state index contributed by atoms with van der Waals surface area (Å²) in [6.45, 7) is 3.63. The van der Waals surface area contributed by atoms with Gasteiger partial charge in [-0.1, -0.05) is 30.3 Å². The fourth-order valence-corrected chi connectivity index (χ4v) is 3.04. The summed E-state index contributed by atoms with van der Waals surface area (Å²) in [6, 6.07) is 15.7. The Balaban J connectivity index is 1.66. The lowest BCUT2D eigenvalue weighted by molar-refractivity contribution is -0.384. The number of anilines is 1. The van der Waals surface area contributed by atoms with Crippen LogP contribution >= 0.6 is 0 Å². The van der Waals surface area contributed by atoms with Gasteiger partial charge < -0.3 is 9.74 Å². The van der Waals surface area contributed by atoms with E-state index in [1.165, 1.54) is 36.3 Å². The molecule has 0 unspecified atom stereocenters. The van der Waals surface area contributed by atoms with Crippen LogP contribution < -0.4 is 4.90 Å². The quantitative estimate of drug-likeness (QED) is 0.244. The number of hydrogen-bond donors (Lipinski definition) is 0. The van der Waals surface area contributed by atoms with Crippen molar-refractivity contribution in [3.05, 3.63) is 75.8 Å². The number of non-ortho nitro benzene ring substituents is 1. The van der Waals surface area contributed by atoms with Crippen LogP contribution in [0.4, 0.5) is 11.4 Å². The zero-order valence-electron chi connectivity index (χ0n) is 16.0. The maximum absolute atomic E-state index is 12.5. The fraction of sp³-hybridized carbons (Fsp3) is 0.238. The van der Waals surface area contributed by atoms with Crippen LogP contribution in [0.3, 0.4) is 0 Å². The minimum absolute atomic E-state index is 0.118. The minimum atomic E-state index is -0.767. The highest BCUT2D eigenvalue weighted by atomic mass is 16.7. The molecule has 0 atom stereocenters. The summed E-state index contributed by atoms with van der Waals surface area (Å²) < 4.78 is 0. The molecule has 29 heavy (non-hydrogen) atoms. The molecule has 1 aliphatic rings. The van der Waals surface area contributed by atoms with E-state index in [9.17, 15) is 19.7 Å². The Morgan fingerprint density at radius 3 is 2.34 bits per heavy atom. The van der Waals surface area contributed by atoms with Crippen LogP contribution in [0.2, 0.25) is 0 Å². The first kappa shape index (κ1) is 20.2. The molecule has 1 aliphatic heterocycles. The molecule has 0 amide bonds. The third-order valence-corrected chi connectivity index (χ3v) is 4.56. The van der Waals surface area contributed by atoms with Crippen LogP contribution in [0.5, 0.6) is 0 Å². The fourth-order valence-electron chi connectivity index (χ4n) is 3.04. The molecule has 1 heterocycles. The van der Waals surface area contributed by atoms with Gasteiger partial charge in [0, 0.05) is 30.9 Å². The molecule has 1 fully saturated rings. The lowest BCUT2D eigenvalue weighted by Crippen LogP contribution is -2.47. The van der Waals surface area contributed by atoms with Crippen molar-refractivity contribution >= 4 is 29.2 Å². The van der Waals surface area contributed by atoms with Gasteiger partial charge in [0.2, 0.25) is 0 Å². The van der Waals surface area contributed by atoms with E-state index >= 15 is 0 Å². The van der Waals surface area contributed by atoms with E-state index in [1.54, 1.807) is 6.07 Å². The molecule has 0 N–H and O–H groups in total. The van der Waals surface area contributed by atoms with E-state index in [4.69, 9.17) is 4.84 Å². The molecule has 2 aromatic carbocycles.